The van der Waals surface area contributed by atoms with E-state index in [1.165, 1.54) is 25.1 Å². The van der Waals surface area contributed by atoms with E-state index in [-0.39, 0.29) is 32.0 Å². The summed E-state index contributed by atoms with van der Waals surface area (Å²) in [7, 11) is -4.42. The Kier molecular flexibility index (Phi) is 11.6. The first-order valence-corrected chi connectivity index (χ1v) is 16.1. The number of amides is 2. The highest BCUT2D eigenvalue weighted by atomic mass is 35.5. The van der Waals surface area contributed by atoms with Gasteiger partial charge in [0.15, 0.2) is 11.6 Å². The molecule has 2 amide bonds. The lowest BCUT2D eigenvalue weighted by molar-refractivity contribution is -0.127. The van der Waals surface area contributed by atoms with E-state index in [1.807, 2.05) is 0 Å². The first-order chi connectivity index (χ1) is 22.7. The van der Waals surface area contributed by atoms with E-state index in [2.05, 4.69) is 31.1 Å². The number of ketones is 2. The number of benzene rings is 4. The van der Waals surface area contributed by atoms with Crippen LogP contribution in [0.3, 0.4) is 0 Å². The van der Waals surface area contributed by atoms with Crippen LogP contribution in [0.4, 0.5) is 22.7 Å². The number of hydrogen-bond acceptors (Lipinski definition) is 10. The molecule has 2 atom stereocenters. The van der Waals surface area contributed by atoms with Crippen molar-refractivity contribution in [3.8, 4) is 11.1 Å². The van der Waals surface area contributed by atoms with Gasteiger partial charge in [0.2, 0.25) is 12.1 Å². The topological polar surface area (TPSA) is 196 Å². The molecule has 246 valence electrons. The van der Waals surface area contributed by atoms with Crippen LogP contribution in [0.2, 0.25) is 10.0 Å². The summed E-state index contributed by atoms with van der Waals surface area (Å²) in [6.07, 6.45) is 0. The fraction of sp³-hybridized carbons (Fsp3) is 0.125. The second-order valence-corrected chi connectivity index (χ2v) is 12.4. The van der Waals surface area contributed by atoms with Crippen molar-refractivity contribution < 1.29 is 32.1 Å². The number of Topliss-reactive ketones (excluding diaryl/α,β-unsaturated/α-hetero) is 2. The second-order valence-electron chi connectivity index (χ2n) is 10.1. The quantitative estimate of drug-likeness (QED) is 0.0781. The summed E-state index contributed by atoms with van der Waals surface area (Å²) < 4.78 is 31.5. The minimum atomic E-state index is -4.42. The van der Waals surface area contributed by atoms with Crippen LogP contribution < -0.4 is 10.6 Å². The maximum Gasteiger partial charge on any atom is 0.294 e. The molecule has 0 radical (unpaired) electrons. The predicted octanol–water partition coefficient (Wildman–Crippen LogP) is 7.27. The Balaban J connectivity index is 1.46. The van der Waals surface area contributed by atoms with E-state index in [0.717, 1.165) is 19.1 Å². The van der Waals surface area contributed by atoms with Crippen LogP contribution in [0.15, 0.2) is 116 Å². The van der Waals surface area contributed by atoms with Gasteiger partial charge in [-0.2, -0.15) is 28.9 Å². The van der Waals surface area contributed by atoms with Gasteiger partial charge in [-0.25, -0.2) is 0 Å². The molecule has 4 rings (SSSR count). The Hall–Kier alpha value is -5.15. The van der Waals surface area contributed by atoms with E-state index in [9.17, 15) is 27.6 Å². The highest BCUT2D eigenvalue weighted by Gasteiger charge is 2.25. The van der Waals surface area contributed by atoms with Gasteiger partial charge in [-0.1, -0.05) is 53.5 Å². The van der Waals surface area contributed by atoms with Gasteiger partial charge in [0, 0.05) is 11.4 Å². The van der Waals surface area contributed by atoms with E-state index < -0.39 is 45.6 Å². The number of carbonyl (C=O) groups is 4. The summed E-state index contributed by atoms with van der Waals surface area (Å²) >= 11 is 12.9. The molecule has 0 aromatic heterocycles. The molecule has 0 saturated carbocycles. The number of rotatable bonds is 12. The summed E-state index contributed by atoms with van der Waals surface area (Å²) in [6.45, 7) is 2.39. The lowest BCUT2D eigenvalue weighted by Gasteiger charge is -2.10. The highest BCUT2D eigenvalue weighted by molar-refractivity contribution is 7.85. The van der Waals surface area contributed by atoms with Crippen molar-refractivity contribution in [3.05, 3.63) is 101 Å². The number of hydrogen-bond donors (Lipinski definition) is 3. The maximum atomic E-state index is 12.7. The molecule has 0 aliphatic heterocycles. The van der Waals surface area contributed by atoms with Crippen LogP contribution in [0.5, 0.6) is 0 Å². The second kappa shape index (κ2) is 15.6. The van der Waals surface area contributed by atoms with Gasteiger partial charge in [0.25, 0.3) is 21.9 Å². The van der Waals surface area contributed by atoms with Crippen molar-refractivity contribution in [3.63, 3.8) is 0 Å². The molecule has 0 bridgehead atoms. The van der Waals surface area contributed by atoms with Crippen LogP contribution in [-0.2, 0) is 29.3 Å². The summed E-state index contributed by atoms with van der Waals surface area (Å²) in [5.74, 6) is -2.58. The summed E-state index contributed by atoms with van der Waals surface area (Å²) in [4.78, 5) is 49.2. The smallest absolute Gasteiger partial charge is 0.294 e. The van der Waals surface area contributed by atoms with Crippen molar-refractivity contribution in [2.45, 2.75) is 30.8 Å². The van der Waals surface area contributed by atoms with Crippen molar-refractivity contribution in [1.29, 1.82) is 0 Å². The fourth-order valence-electron chi connectivity index (χ4n) is 4.06. The molecular formula is C32H26Cl2N6O7S. The van der Waals surface area contributed by atoms with E-state index in [4.69, 9.17) is 27.8 Å². The van der Waals surface area contributed by atoms with Gasteiger partial charge in [-0.15, -0.1) is 0 Å². The Morgan fingerprint density at radius 1 is 0.646 bits per heavy atom. The third-order valence-corrected chi connectivity index (χ3v) is 7.99. The molecule has 0 heterocycles. The molecular weight excluding hydrogens is 683 g/mol. The molecule has 0 saturated heterocycles. The number of carbonyl (C=O) groups excluding carboxylic acids is 4. The van der Waals surface area contributed by atoms with Crippen LogP contribution in [0.25, 0.3) is 11.1 Å². The average molecular weight is 710 g/mol. The molecule has 0 spiro atoms. The van der Waals surface area contributed by atoms with E-state index >= 15 is 0 Å². The zero-order chi connectivity index (χ0) is 35.0. The lowest BCUT2D eigenvalue weighted by atomic mass is 10.0. The van der Waals surface area contributed by atoms with Crippen molar-refractivity contribution in [2.75, 3.05) is 10.6 Å². The number of nitrogens with zero attached hydrogens (tertiary/aromatic N) is 4. The number of nitrogens with one attached hydrogen (secondary N) is 2. The summed E-state index contributed by atoms with van der Waals surface area (Å²) in [5.41, 5.74) is 2.31. The SMILES string of the molecule is CC(=O)C(N=Nc1ccc(-c2ccc(N=NC(C(C)=O)C(=O)Nc3ccc(S(=O)(=O)O)cc3)c(Cl)c2)cc1Cl)C(=O)Nc1ccccc1. The molecule has 3 N–H and O–H groups in total. The monoisotopic (exact) mass is 708 g/mol. The predicted molar refractivity (Wildman–Crippen MR) is 180 cm³/mol. The van der Waals surface area contributed by atoms with E-state index in [1.54, 1.807) is 60.7 Å². The van der Waals surface area contributed by atoms with Crippen LogP contribution >= 0.6 is 23.2 Å². The molecule has 0 fully saturated rings. The number of anilines is 2. The lowest BCUT2D eigenvalue weighted by Crippen LogP contribution is -2.31. The number of azo groups is 2. The Morgan fingerprint density at radius 3 is 1.44 bits per heavy atom. The highest BCUT2D eigenvalue weighted by Crippen LogP contribution is 2.35. The van der Waals surface area contributed by atoms with Gasteiger partial charge >= 0.3 is 0 Å². The van der Waals surface area contributed by atoms with Gasteiger partial charge in [-0.3, -0.25) is 23.7 Å². The minimum absolute atomic E-state index is 0.147. The molecule has 2 unspecified atom stereocenters. The molecule has 13 nitrogen and oxygen atoms in total. The van der Waals surface area contributed by atoms with Crippen molar-refractivity contribution in [2.24, 2.45) is 20.5 Å². The average Bonchev–Trinajstić information content (AvgIpc) is 3.02. The molecule has 0 aliphatic rings. The molecule has 48 heavy (non-hydrogen) atoms. The Bertz CT molecular complexity index is 2040. The number of halogens is 2. The van der Waals surface area contributed by atoms with Gasteiger partial charge < -0.3 is 10.6 Å². The number of para-hydroxylation sites is 1. The van der Waals surface area contributed by atoms with Crippen LogP contribution in [-0.4, -0.2) is 48.4 Å². The largest absolute Gasteiger partial charge is 0.324 e. The Morgan fingerprint density at radius 2 is 1.06 bits per heavy atom. The standard InChI is InChI=1S/C32H26Cl2N6O7S/c1-18(41)29(31(43)35-22-6-4-3-5-7-22)39-37-27-14-8-20(16-25(27)33)21-9-15-28(26(34)17-21)38-40-30(19(2)42)32(44)36-23-10-12-24(13-11-23)48(45,46)47/h3-17,29-30H,1-2H3,(H,35,43)(H,36,44)(H,45,46,47). The first-order valence-electron chi connectivity index (χ1n) is 13.9. The molecule has 4 aromatic carbocycles. The first kappa shape index (κ1) is 35.7. The minimum Gasteiger partial charge on any atom is -0.324 e. The zero-order valence-electron chi connectivity index (χ0n) is 25.2. The fourth-order valence-corrected chi connectivity index (χ4v) is 4.98. The summed E-state index contributed by atoms with van der Waals surface area (Å²) in [5, 5.41) is 21.2. The summed E-state index contributed by atoms with van der Waals surface area (Å²) in [6, 6.07) is 19.9. The zero-order valence-corrected chi connectivity index (χ0v) is 27.5. The molecule has 4 aromatic rings. The molecule has 16 heteroatoms. The maximum absolute atomic E-state index is 12.7. The third-order valence-electron chi connectivity index (χ3n) is 6.52. The van der Waals surface area contributed by atoms with Gasteiger partial charge in [0.05, 0.1) is 14.9 Å². The van der Waals surface area contributed by atoms with E-state index in [0.29, 0.717) is 16.8 Å². The van der Waals surface area contributed by atoms with Crippen LogP contribution in [0, 0.1) is 0 Å². The Labute approximate surface area is 284 Å². The normalized spacial score (nSPS) is 12.9. The van der Waals surface area contributed by atoms with Gasteiger partial charge in [-0.05, 0) is 85.6 Å². The van der Waals surface area contributed by atoms with Crippen LogP contribution in [0.1, 0.15) is 13.8 Å². The third kappa shape index (κ3) is 9.45. The van der Waals surface area contributed by atoms with Gasteiger partial charge in [0.1, 0.15) is 11.4 Å². The molecule has 0 aliphatic carbocycles. The van der Waals surface area contributed by atoms with Crippen molar-refractivity contribution >= 4 is 79.5 Å². The van der Waals surface area contributed by atoms with Crippen molar-refractivity contribution in [1.82, 2.24) is 0 Å².